The van der Waals surface area contributed by atoms with E-state index in [1.807, 2.05) is 24.3 Å². The number of hydrogen-bond donors (Lipinski definition) is 0. The highest BCUT2D eigenvalue weighted by Crippen LogP contribution is 2.19. The van der Waals surface area contributed by atoms with Crippen molar-refractivity contribution in [3.05, 3.63) is 72.8 Å². The average molecular weight is 222 g/mol. The number of benzene rings is 1. The molecule has 2 nitrogen and oxygen atoms in total. The van der Waals surface area contributed by atoms with E-state index in [4.69, 9.17) is 0 Å². The summed E-state index contributed by atoms with van der Waals surface area (Å²) < 4.78 is 4.26. The molecule has 0 saturated heterocycles. The highest BCUT2D eigenvalue weighted by atomic mass is 15.0. The summed E-state index contributed by atoms with van der Waals surface area (Å²) in [6.07, 6.45) is 8.26. The largest absolute Gasteiger partial charge is 0.324 e. The van der Waals surface area contributed by atoms with E-state index in [2.05, 4.69) is 59.0 Å². The maximum atomic E-state index is 2.20. The van der Waals surface area contributed by atoms with Crippen molar-refractivity contribution in [2.75, 3.05) is 0 Å². The van der Waals surface area contributed by atoms with Gasteiger partial charge >= 0.3 is 0 Å². The Bertz CT molecular complexity index is 604. The molecular formula is C15H14N2. The lowest BCUT2D eigenvalue weighted by Crippen LogP contribution is -1.97. The van der Waals surface area contributed by atoms with E-state index in [0.717, 1.165) is 0 Å². The van der Waals surface area contributed by atoms with E-state index >= 15 is 0 Å². The lowest BCUT2D eigenvalue weighted by molar-refractivity contribution is 1.03. The molecule has 0 atom stereocenters. The minimum Gasteiger partial charge on any atom is -0.324 e. The SMILES string of the molecule is Cc1ccc(-n2cccc2)cc1-n1cccc1. The van der Waals surface area contributed by atoms with Crippen LogP contribution in [-0.4, -0.2) is 9.13 Å². The van der Waals surface area contributed by atoms with Crippen molar-refractivity contribution < 1.29 is 0 Å². The summed E-state index contributed by atoms with van der Waals surface area (Å²) in [5.41, 5.74) is 3.68. The van der Waals surface area contributed by atoms with Crippen LogP contribution in [0.4, 0.5) is 0 Å². The van der Waals surface area contributed by atoms with Crippen molar-refractivity contribution in [3.8, 4) is 11.4 Å². The van der Waals surface area contributed by atoms with Crippen LogP contribution in [0.3, 0.4) is 0 Å². The van der Waals surface area contributed by atoms with Gasteiger partial charge in [0.25, 0.3) is 0 Å². The van der Waals surface area contributed by atoms with E-state index in [1.165, 1.54) is 16.9 Å². The van der Waals surface area contributed by atoms with Crippen LogP contribution in [0.1, 0.15) is 5.56 Å². The van der Waals surface area contributed by atoms with Gasteiger partial charge in [-0.15, -0.1) is 0 Å². The van der Waals surface area contributed by atoms with Gasteiger partial charge in [0.2, 0.25) is 0 Å². The van der Waals surface area contributed by atoms with Gasteiger partial charge in [0, 0.05) is 36.2 Å². The number of hydrogen-bond acceptors (Lipinski definition) is 0. The summed E-state index contributed by atoms with van der Waals surface area (Å²) in [4.78, 5) is 0. The third kappa shape index (κ3) is 1.78. The second-order valence-electron chi connectivity index (χ2n) is 4.15. The van der Waals surface area contributed by atoms with Crippen LogP contribution in [-0.2, 0) is 0 Å². The van der Waals surface area contributed by atoms with Crippen LogP contribution in [0.15, 0.2) is 67.3 Å². The van der Waals surface area contributed by atoms with Gasteiger partial charge in [-0.1, -0.05) is 6.07 Å². The Morgan fingerprint density at radius 3 is 2.00 bits per heavy atom. The van der Waals surface area contributed by atoms with Crippen molar-refractivity contribution in [2.24, 2.45) is 0 Å². The van der Waals surface area contributed by atoms with E-state index in [0.29, 0.717) is 0 Å². The van der Waals surface area contributed by atoms with E-state index in [-0.39, 0.29) is 0 Å². The first-order chi connectivity index (χ1) is 8.34. The van der Waals surface area contributed by atoms with Gasteiger partial charge in [0.15, 0.2) is 0 Å². The normalized spacial score (nSPS) is 10.6. The molecule has 84 valence electrons. The Labute approximate surface area is 101 Å². The molecule has 3 rings (SSSR count). The average Bonchev–Trinajstić information content (AvgIpc) is 3.03. The fourth-order valence-corrected chi connectivity index (χ4v) is 2.04. The third-order valence-corrected chi connectivity index (χ3v) is 2.98. The lowest BCUT2D eigenvalue weighted by atomic mass is 10.1. The molecule has 0 aliphatic carbocycles. The van der Waals surface area contributed by atoms with Crippen LogP contribution in [0, 0.1) is 6.92 Å². The molecule has 0 bridgehead atoms. The molecule has 2 heterocycles. The molecular weight excluding hydrogens is 208 g/mol. The molecule has 3 aromatic rings. The summed E-state index contributed by atoms with van der Waals surface area (Å²) in [5, 5.41) is 0. The van der Waals surface area contributed by atoms with Crippen LogP contribution >= 0.6 is 0 Å². The second kappa shape index (κ2) is 3.98. The fraction of sp³-hybridized carbons (Fsp3) is 0.0667. The molecule has 0 radical (unpaired) electrons. The van der Waals surface area contributed by atoms with Crippen LogP contribution in [0.2, 0.25) is 0 Å². The summed E-state index contributed by atoms with van der Waals surface area (Å²) in [5.74, 6) is 0. The first-order valence-corrected chi connectivity index (χ1v) is 5.72. The summed E-state index contributed by atoms with van der Waals surface area (Å²) >= 11 is 0. The lowest BCUT2D eigenvalue weighted by Gasteiger charge is -2.10. The Hall–Kier alpha value is -2.22. The molecule has 1 aromatic carbocycles. The quantitative estimate of drug-likeness (QED) is 0.627. The van der Waals surface area contributed by atoms with Crippen LogP contribution < -0.4 is 0 Å². The first kappa shape index (κ1) is 9.97. The van der Waals surface area contributed by atoms with Gasteiger partial charge in [-0.2, -0.15) is 0 Å². The molecule has 0 N–H and O–H groups in total. The smallest absolute Gasteiger partial charge is 0.0499 e. The molecule has 0 unspecified atom stereocenters. The summed E-state index contributed by atoms with van der Waals surface area (Å²) in [6, 6.07) is 14.7. The molecule has 0 aliphatic heterocycles. The molecule has 2 heteroatoms. The Morgan fingerprint density at radius 2 is 1.35 bits per heavy atom. The summed E-state index contributed by atoms with van der Waals surface area (Å²) in [7, 11) is 0. The predicted molar refractivity (Wildman–Crippen MR) is 69.8 cm³/mol. The third-order valence-electron chi connectivity index (χ3n) is 2.98. The molecule has 0 saturated carbocycles. The molecule has 0 spiro atoms. The van der Waals surface area contributed by atoms with E-state index in [9.17, 15) is 0 Å². The van der Waals surface area contributed by atoms with Crippen LogP contribution in [0.25, 0.3) is 11.4 Å². The molecule has 0 aliphatic rings. The number of rotatable bonds is 2. The topological polar surface area (TPSA) is 9.86 Å². The van der Waals surface area contributed by atoms with Crippen LogP contribution in [0.5, 0.6) is 0 Å². The zero-order valence-electron chi connectivity index (χ0n) is 9.75. The van der Waals surface area contributed by atoms with Crippen molar-refractivity contribution in [1.29, 1.82) is 0 Å². The van der Waals surface area contributed by atoms with E-state index in [1.54, 1.807) is 0 Å². The highest BCUT2D eigenvalue weighted by Gasteiger charge is 2.02. The van der Waals surface area contributed by atoms with Crippen molar-refractivity contribution in [3.63, 3.8) is 0 Å². The van der Waals surface area contributed by atoms with Gasteiger partial charge in [-0.3, -0.25) is 0 Å². The number of aromatic nitrogens is 2. The number of nitrogens with zero attached hydrogens (tertiary/aromatic N) is 2. The Morgan fingerprint density at radius 1 is 0.765 bits per heavy atom. The second-order valence-corrected chi connectivity index (χ2v) is 4.15. The zero-order valence-corrected chi connectivity index (χ0v) is 9.75. The molecule has 2 aromatic heterocycles. The van der Waals surface area contributed by atoms with Crippen molar-refractivity contribution in [1.82, 2.24) is 9.13 Å². The highest BCUT2D eigenvalue weighted by molar-refractivity contribution is 5.49. The van der Waals surface area contributed by atoms with Crippen molar-refractivity contribution >= 4 is 0 Å². The maximum absolute atomic E-state index is 2.20. The van der Waals surface area contributed by atoms with Gasteiger partial charge in [0.1, 0.15) is 0 Å². The van der Waals surface area contributed by atoms with Gasteiger partial charge in [-0.05, 0) is 48.9 Å². The first-order valence-electron chi connectivity index (χ1n) is 5.72. The monoisotopic (exact) mass is 222 g/mol. The molecule has 17 heavy (non-hydrogen) atoms. The van der Waals surface area contributed by atoms with Gasteiger partial charge < -0.3 is 9.13 Å². The van der Waals surface area contributed by atoms with Gasteiger partial charge in [-0.25, -0.2) is 0 Å². The standard InChI is InChI=1S/C15H14N2/c1-13-6-7-14(16-8-2-3-9-16)12-15(13)17-10-4-5-11-17/h2-12H,1H3. The Balaban J connectivity index is 2.13. The van der Waals surface area contributed by atoms with Gasteiger partial charge in [0.05, 0.1) is 0 Å². The minimum absolute atomic E-state index is 1.18. The maximum Gasteiger partial charge on any atom is 0.0499 e. The minimum atomic E-state index is 1.18. The molecule has 0 amide bonds. The predicted octanol–water partition coefficient (Wildman–Crippen LogP) is 3.58. The molecule has 0 fully saturated rings. The van der Waals surface area contributed by atoms with E-state index < -0.39 is 0 Å². The van der Waals surface area contributed by atoms with Crippen molar-refractivity contribution in [2.45, 2.75) is 6.92 Å². The number of aryl methyl sites for hydroxylation is 1. The Kier molecular flexibility index (Phi) is 2.33. The fourth-order valence-electron chi connectivity index (χ4n) is 2.04. The zero-order chi connectivity index (χ0) is 11.7. The summed E-state index contributed by atoms with van der Waals surface area (Å²) in [6.45, 7) is 2.13.